The first kappa shape index (κ1) is 21.3. The lowest BCUT2D eigenvalue weighted by Crippen LogP contribution is -2.53. The molecule has 1 aliphatic carbocycles. The van der Waals surface area contributed by atoms with Crippen LogP contribution in [0.1, 0.15) is 36.5 Å². The van der Waals surface area contributed by atoms with Crippen LogP contribution < -0.4 is 4.74 Å². The largest absolute Gasteiger partial charge is 0.489 e. The van der Waals surface area contributed by atoms with Crippen molar-refractivity contribution in [1.29, 1.82) is 0 Å². The van der Waals surface area contributed by atoms with Crippen LogP contribution in [-0.4, -0.2) is 38.1 Å². The Morgan fingerprint density at radius 2 is 1.69 bits per heavy atom. The molecule has 0 bridgehead atoms. The number of Topliss-reactive ketones (excluding diaryl/α,β-unsaturated/α-hetero) is 1. The third-order valence-corrected chi connectivity index (χ3v) is 7.76. The van der Waals surface area contributed by atoms with Gasteiger partial charge in [0.25, 0.3) is 0 Å². The number of esters is 1. The summed E-state index contributed by atoms with van der Waals surface area (Å²) in [5, 5.41) is 0.414. The molecule has 2 aromatic carbocycles. The topological polar surface area (TPSA) is 86.7 Å². The van der Waals surface area contributed by atoms with Crippen LogP contribution in [0.2, 0.25) is 5.02 Å². The summed E-state index contributed by atoms with van der Waals surface area (Å²) in [5.41, 5.74) is 0.430. The van der Waals surface area contributed by atoms with Crippen molar-refractivity contribution in [1.82, 2.24) is 0 Å². The summed E-state index contributed by atoms with van der Waals surface area (Å²) in [6, 6.07) is 12.5. The molecule has 0 heterocycles. The average Bonchev–Trinajstić information content (AvgIpc) is 2.64. The number of hydrogen-bond donors (Lipinski definition) is 0. The molecule has 3 rings (SSSR count). The molecule has 1 aliphatic rings. The van der Waals surface area contributed by atoms with Crippen LogP contribution in [0.15, 0.2) is 53.4 Å². The minimum Gasteiger partial charge on any atom is -0.489 e. The molecule has 0 radical (unpaired) electrons. The highest BCUT2D eigenvalue weighted by Crippen LogP contribution is 2.44. The zero-order valence-electron chi connectivity index (χ0n) is 15.9. The molecule has 0 spiro atoms. The van der Waals surface area contributed by atoms with Crippen LogP contribution in [0.3, 0.4) is 0 Å². The van der Waals surface area contributed by atoms with Gasteiger partial charge in [-0.1, -0.05) is 23.7 Å². The van der Waals surface area contributed by atoms with Gasteiger partial charge in [-0.05, 0) is 62.6 Å². The monoisotopic (exact) mass is 436 g/mol. The molecule has 1 saturated carbocycles. The summed E-state index contributed by atoms with van der Waals surface area (Å²) in [6.07, 6.45) is 1.06. The Morgan fingerprint density at radius 1 is 1.03 bits per heavy atom. The number of ketones is 1. The number of carbonyl (C=O) groups excluding carboxylic acids is 2. The van der Waals surface area contributed by atoms with Crippen LogP contribution in [-0.2, 0) is 19.4 Å². The van der Waals surface area contributed by atoms with E-state index in [-0.39, 0.29) is 36.7 Å². The Bertz CT molecular complexity index is 1010. The molecule has 0 atom stereocenters. The molecule has 29 heavy (non-hydrogen) atoms. The number of para-hydroxylation sites is 1. The fourth-order valence-corrected chi connectivity index (χ4v) is 5.40. The number of halogens is 1. The number of carbonyl (C=O) groups is 2. The number of benzene rings is 2. The second-order valence-electron chi connectivity index (χ2n) is 6.84. The van der Waals surface area contributed by atoms with Gasteiger partial charge in [0.05, 0.1) is 10.5 Å². The second-order valence-corrected chi connectivity index (χ2v) is 9.54. The molecular weight excluding hydrogens is 416 g/mol. The van der Waals surface area contributed by atoms with Crippen molar-refractivity contribution >= 4 is 33.2 Å². The van der Waals surface area contributed by atoms with Gasteiger partial charge in [0.15, 0.2) is 20.4 Å². The van der Waals surface area contributed by atoms with Gasteiger partial charge >= 0.3 is 5.97 Å². The quantitative estimate of drug-likeness (QED) is 0.355. The number of rotatable bonds is 8. The molecule has 8 heteroatoms. The van der Waals surface area contributed by atoms with Crippen molar-refractivity contribution in [2.45, 2.75) is 35.8 Å². The predicted octanol–water partition coefficient (Wildman–Crippen LogP) is 3.86. The predicted molar refractivity (Wildman–Crippen MR) is 108 cm³/mol. The Hall–Kier alpha value is -2.38. The summed E-state index contributed by atoms with van der Waals surface area (Å²) in [4.78, 5) is 24.3. The smallest absolute Gasteiger partial charge is 0.327 e. The van der Waals surface area contributed by atoms with Crippen molar-refractivity contribution in [3.63, 3.8) is 0 Å². The van der Waals surface area contributed by atoms with Gasteiger partial charge in [-0.15, -0.1) is 0 Å². The van der Waals surface area contributed by atoms with Crippen LogP contribution in [0, 0.1) is 0 Å². The maximum Gasteiger partial charge on any atom is 0.327 e. The maximum atomic E-state index is 13.1. The Morgan fingerprint density at radius 3 is 2.28 bits per heavy atom. The average molecular weight is 437 g/mol. The summed E-state index contributed by atoms with van der Waals surface area (Å²) in [6.45, 7) is 1.32. The Balaban J connectivity index is 1.65. The summed E-state index contributed by atoms with van der Waals surface area (Å²) in [5.74, 6) is -0.523. The fourth-order valence-electron chi connectivity index (χ4n) is 3.22. The SMILES string of the molecule is CC(=O)c1ccccc1OCCOC(=O)C1(S(=O)(=O)c2ccc(Cl)cc2)CCC1. The lowest BCUT2D eigenvalue weighted by molar-refractivity contribution is -0.150. The van der Waals surface area contributed by atoms with Crippen LogP contribution in [0.5, 0.6) is 5.75 Å². The zero-order chi connectivity index (χ0) is 21.1. The zero-order valence-corrected chi connectivity index (χ0v) is 17.5. The van der Waals surface area contributed by atoms with E-state index in [9.17, 15) is 18.0 Å². The highest BCUT2D eigenvalue weighted by molar-refractivity contribution is 7.93. The lowest BCUT2D eigenvalue weighted by atomic mass is 9.84. The van der Waals surface area contributed by atoms with Crippen LogP contribution in [0.25, 0.3) is 0 Å². The van der Waals surface area contributed by atoms with E-state index in [2.05, 4.69) is 0 Å². The molecule has 0 aliphatic heterocycles. The molecule has 0 aromatic heterocycles. The van der Waals surface area contributed by atoms with Gasteiger partial charge in [0.1, 0.15) is 19.0 Å². The molecule has 1 fully saturated rings. The van der Waals surface area contributed by atoms with Gasteiger partial charge in [-0.3, -0.25) is 9.59 Å². The first-order chi connectivity index (χ1) is 13.8. The van der Waals surface area contributed by atoms with Gasteiger partial charge in [-0.25, -0.2) is 8.42 Å². The molecule has 0 N–H and O–H groups in total. The summed E-state index contributed by atoms with van der Waals surface area (Å²) in [7, 11) is -3.91. The standard InChI is InChI=1S/C21H21ClO6S/c1-15(23)18-5-2-3-6-19(18)27-13-14-28-20(24)21(11-4-12-21)29(25,26)17-9-7-16(22)8-10-17/h2-3,5-10H,4,11-14H2,1H3. The summed E-state index contributed by atoms with van der Waals surface area (Å²) < 4.78 is 35.3. The maximum absolute atomic E-state index is 13.1. The van der Waals surface area contributed by atoms with Crippen LogP contribution >= 0.6 is 11.6 Å². The van der Waals surface area contributed by atoms with E-state index in [0.29, 0.717) is 22.8 Å². The van der Waals surface area contributed by atoms with Gasteiger partial charge < -0.3 is 9.47 Å². The minimum absolute atomic E-state index is 0.00705. The number of sulfone groups is 1. The van der Waals surface area contributed by atoms with E-state index in [1.54, 1.807) is 24.3 Å². The number of ether oxygens (including phenoxy) is 2. The van der Waals surface area contributed by atoms with E-state index in [1.807, 2.05) is 0 Å². The third-order valence-electron chi connectivity index (χ3n) is 5.01. The fraction of sp³-hybridized carbons (Fsp3) is 0.333. The Labute approximate surface area is 174 Å². The highest BCUT2D eigenvalue weighted by Gasteiger charge is 2.57. The third kappa shape index (κ3) is 4.16. The van der Waals surface area contributed by atoms with Crippen molar-refractivity contribution in [2.75, 3.05) is 13.2 Å². The van der Waals surface area contributed by atoms with Crippen molar-refractivity contribution < 1.29 is 27.5 Å². The van der Waals surface area contributed by atoms with Gasteiger partial charge in [0, 0.05) is 5.02 Å². The summed E-state index contributed by atoms with van der Waals surface area (Å²) >= 11 is 5.83. The second kappa shape index (κ2) is 8.55. The lowest BCUT2D eigenvalue weighted by Gasteiger charge is -2.38. The molecule has 0 amide bonds. The van der Waals surface area contributed by atoms with Gasteiger partial charge in [-0.2, -0.15) is 0 Å². The van der Waals surface area contributed by atoms with Gasteiger partial charge in [0.2, 0.25) is 0 Å². The molecular formula is C21H21ClO6S. The molecule has 0 unspecified atom stereocenters. The van der Waals surface area contributed by atoms with Crippen molar-refractivity contribution in [3.05, 3.63) is 59.1 Å². The van der Waals surface area contributed by atoms with E-state index in [0.717, 1.165) is 0 Å². The first-order valence-corrected chi connectivity index (χ1v) is 11.0. The number of hydrogen-bond acceptors (Lipinski definition) is 6. The molecule has 154 valence electrons. The van der Waals surface area contributed by atoms with E-state index in [4.69, 9.17) is 21.1 Å². The Kier molecular flexibility index (Phi) is 6.29. The molecule has 0 saturated heterocycles. The van der Waals surface area contributed by atoms with E-state index < -0.39 is 20.6 Å². The minimum atomic E-state index is -3.91. The van der Waals surface area contributed by atoms with Crippen molar-refractivity contribution in [3.8, 4) is 5.75 Å². The molecule has 6 nitrogen and oxygen atoms in total. The van der Waals surface area contributed by atoms with Crippen LogP contribution in [0.4, 0.5) is 0 Å². The first-order valence-electron chi connectivity index (χ1n) is 9.18. The van der Waals surface area contributed by atoms with Crippen molar-refractivity contribution in [2.24, 2.45) is 0 Å². The highest BCUT2D eigenvalue weighted by atomic mass is 35.5. The van der Waals surface area contributed by atoms with E-state index in [1.165, 1.54) is 31.2 Å². The van der Waals surface area contributed by atoms with E-state index >= 15 is 0 Å². The normalized spacial score (nSPS) is 15.2. The molecule has 2 aromatic rings.